The van der Waals surface area contributed by atoms with Crippen LogP contribution in [0.25, 0.3) is 0 Å². The first-order chi connectivity index (χ1) is 5.06. The van der Waals surface area contributed by atoms with E-state index < -0.39 is 10.0 Å². The number of hydrogen-bond acceptors (Lipinski definition) is 5. The highest BCUT2D eigenvalue weighted by molar-refractivity contribution is 7.91. The van der Waals surface area contributed by atoms with Crippen LogP contribution in [0, 0.1) is 4.02 Å². The molecule has 0 saturated heterocycles. The summed E-state index contributed by atoms with van der Waals surface area (Å²) in [6, 6.07) is 0. The monoisotopic (exact) mass is 213 g/mol. The Bertz CT molecular complexity index is 352. The predicted molar refractivity (Wildman–Crippen MR) is 44.9 cm³/mol. The van der Waals surface area contributed by atoms with Crippen molar-refractivity contribution in [3.05, 3.63) is 4.02 Å². The topological polar surface area (TPSA) is 52.2 Å². The number of rotatable bonds is 3. The largest absolute Gasteiger partial charge is 0.330 e. The molecule has 0 spiro atoms. The molecule has 0 amide bonds. The predicted octanol–water partition coefficient (Wildman–Crippen LogP) is 1.46. The average Bonchev–Trinajstić information content (AvgIpc) is 1.81. The normalized spacial score (nSPS) is 12.1. The van der Waals surface area contributed by atoms with Gasteiger partial charge in [0.2, 0.25) is 0 Å². The maximum atomic E-state index is 11.1. The van der Waals surface area contributed by atoms with Crippen LogP contribution >= 0.6 is 23.8 Å². The smallest absolute Gasteiger partial charge is 0.295 e. The SMILES string of the molecule is CCCS(=O)(=O)n1oc(=S)s1. The Labute approximate surface area is 73.6 Å². The van der Waals surface area contributed by atoms with Crippen molar-refractivity contribution in [2.45, 2.75) is 13.3 Å². The fourth-order valence-corrected chi connectivity index (χ4v) is 3.11. The van der Waals surface area contributed by atoms with E-state index in [-0.39, 0.29) is 9.77 Å². The van der Waals surface area contributed by atoms with Crippen molar-refractivity contribution in [2.75, 3.05) is 5.75 Å². The lowest BCUT2D eigenvalue weighted by Crippen LogP contribution is -2.15. The molecule has 0 aliphatic heterocycles. The van der Waals surface area contributed by atoms with Gasteiger partial charge in [0.15, 0.2) is 0 Å². The van der Waals surface area contributed by atoms with Gasteiger partial charge < -0.3 is 4.52 Å². The van der Waals surface area contributed by atoms with Crippen molar-refractivity contribution in [3.8, 4) is 0 Å². The zero-order valence-electron chi connectivity index (χ0n) is 5.81. The highest BCUT2D eigenvalue weighted by Gasteiger charge is 2.15. The molecule has 0 unspecified atom stereocenters. The third-order valence-corrected chi connectivity index (χ3v) is 4.09. The van der Waals surface area contributed by atoms with Crippen molar-refractivity contribution in [1.29, 1.82) is 0 Å². The third-order valence-electron chi connectivity index (χ3n) is 0.987. The number of nitrogens with zero attached hydrogens (tertiary/aromatic N) is 1. The standard InChI is InChI=1S/C4H7NO3S3/c1-2-3-11(6,7)5-8-4(9)10-5/h2-3H2,1H3. The molecule has 4 nitrogen and oxygen atoms in total. The van der Waals surface area contributed by atoms with E-state index in [1.54, 1.807) is 6.92 Å². The summed E-state index contributed by atoms with van der Waals surface area (Å²) in [5.74, 6) is 0.0998. The van der Waals surface area contributed by atoms with E-state index in [9.17, 15) is 8.42 Å². The summed E-state index contributed by atoms with van der Waals surface area (Å²) in [5.41, 5.74) is 0. The molecule has 7 heteroatoms. The van der Waals surface area contributed by atoms with Gasteiger partial charge in [-0.3, -0.25) is 0 Å². The van der Waals surface area contributed by atoms with E-state index >= 15 is 0 Å². The molecule has 1 rings (SSSR count). The summed E-state index contributed by atoms with van der Waals surface area (Å²) < 4.78 is 27.9. The Kier molecular flexibility index (Phi) is 2.50. The van der Waals surface area contributed by atoms with E-state index in [0.29, 0.717) is 6.42 Å². The molecule has 0 bridgehead atoms. The zero-order chi connectivity index (χ0) is 8.48. The van der Waals surface area contributed by atoms with Gasteiger partial charge in [0.05, 0.1) is 5.75 Å². The van der Waals surface area contributed by atoms with Gasteiger partial charge >= 0.3 is 0 Å². The number of aromatic nitrogens is 1. The van der Waals surface area contributed by atoms with Crippen LogP contribution in [0.15, 0.2) is 4.52 Å². The second-order valence-electron chi connectivity index (χ2n) is 1.94. The molecule has 0 aromatic carbocycles. The van der Waals surface area contributed by atoms with Crippen LogP contribution in [0.5, 0.6) is 0 Å². The van der Waals surface area contributed by atoms with Crippen molar-refractivity contribution in [1.82, 2.24) is 3.53 Å². The lowest BCUT2D eigenvalue weighted by Gasteiger charge is -2.04. The van der Waals surface area contributed by atoms with Gasteiger partial charge in [-0.25, -0.2) is 8.42 Å². The first kappa shape index (κ1) is 8.95. The first-order valence-electron chi connectivity index (χ1n) is 2.99. The molecule has 0 aliphatic rings. The van der Waals surface area contributed by atoms with Crippen LogP contribution in [0.3, 0.4) is 0 Å². The summed E-state index contributed by atoms with van der Waals surface area (Å²) in [6.45, 7) is 1.79. The molecule has 11 heavy (non-hydrogen) atoms. The zero-order valence-corrected chi connectivity index (χ0v) is 8.26. The van der Waals surface area contributed by atoms with Crippen LogP contribution in [-0.4, -0.2) is 17.7 Å². The van der Waals surface area contributed by atoms with Crippen molar-refractivity contribution in [2.24, 2.45) is 0 Å². The minimum Gasteiger partial charge on any atom is -0.330 e. The molecule has 0 atom stereocenters. The minimum absolute atomic E-state index is 0.0998. The van der Waals surface area contributed by atoms with Gasteiger partial charge in [-0.05, 0) is 22.2 Å². The molecule has 1 aromatic rings. The lowest BCUT2D eigenvalue weighted by molar-refractivity contribution is 0.354. The molecular weight excluding hydrogens is 206 g/mol. The van der Waals surface area contributed by atoms with Crippen LogP contribution in [0.1, 0.15) is 13.3 Å². The molecule has 0 fully saturated rings. The van der Waals surface area contributed by atoms with Crippen molar-refractivity contribution < 1.29 is 12.9 Å². The Morgan fingerprint density at radius 2 is 2.27 bits per heavy atom. The van der Waals surface area contributed by atoms with Crippen LogP contribution in [0.4, 0.5) is 0 Å². The molecule has 64 valence electrons. The summed E-state index contributed by atoms with van der Waals surface area (Å²) in [6.07, 6.45) is 0.579. The van der Waals surface area contributed by atoms with Gasteiger partial charge in [-0.15, -0.1) is 0 Å². The van der Waals surface area contributed by atoms with Crippen molar-refractivity contribution >= 4 is 33.8 Å². The third kappa shape index (κ3) is 1.91. The Morgan fingerprint density at radius 1 is 1.73 bits per heavy atom. The van der Waals surface area contributed by atoms with Gasteiger partial charge in [-0.2, -0.15) is 0 Å². The van der Waals surface area contributed by atoms with Crippen molar-refractivity contribution in [3.63, 3.8) is 0 Å². The van der Waals surface area contributed by atoms with Crippen LogP contribution < -0.4 is 0 Å². The average molecular weight is 213 g/mol. The molecule has 1 aromatic heterocycles. The lowest BCUT2D eigenvalue weighted by atomic mass is 10.6. The Hall–Kier alpha value is -0.140. The second kappa shape index (κ2) is 3.08. The summed E-state index contributed by atoms with van der Waals surface area (Å²) in [5, 5.41) is 0. The van der Waals surface area contributed by atoms with Crippen LogP contribution in [0.2, 0.25) is 0 Å². The fourth-order valence-electron chi connectivity index (χ4n) is 0.575. The maximum absolute atomic E-state index is 11.1. The molecule has 0 radical (unpaired) electrons. The van der Waals surface area contributed by atoms with Gasteiger partial charge in [-0.1, -0.05) is 6.92 Å². The summed E-state index contributed by atoms with van der Waals surface area (Å²) in [4.78, 5) is 0. The maximum Gasteiger partial charge on any atom is 0.295 e. The quantitative estimate of drug-likeness (QED) is 0.713. The van der Waals surface area contributed by atoms with E-state index in [1.165, 1.54) is 0 Å². The van der Waals surface area contributed by atoms with Gasteiger partial charge in [0.25, 0.3) is 14.0 Å². The van der Waals surface area contributed by atoms with Crippen LogP contribution in [-0.2, 0) is 10.0 Å². The molecule has 1 heterocycles. The minimum atomic E-state index is -3.22. The molecular formula is C4H7NO3S3. The van der Waals surface area contributed by atoms with E-state index in [0.717, 1.165) is 15.1 Å². The first-order valence-corrected chi connectivity index (χ1v) is 5.78. The molecule has 0 saturated carbocycles. The molecule has 0 aliphatic carbocycles. The fraction of sp³-hybridized carbons (Fsp3) is 0.750. The van der Waals surface area contributed by atoms with Gasteiger partial charge in [0, 0.05) is 11.5 Å². The Morgan fingerprint density at radius 3 is 2.64 bits per heavy atom. The second-order valence-corrected chi connectivity index (χ2v) is 5.59. The van der Waals surface area contributed by atoms with E-state index in [4.69, 9.17) is 0 Å². The van der Waals surface area contributed by atoms with E-state index in [1.807, 2.05) is 0 Å². The number of hydrogen-bond donors (Lipinski definition) is 0. The van der Waals surface area contributed by atoms with E-state index in [2.05, 4.69) is 16.7 Å². The Balaban J connectivity index is 2.87. The highest BCUT2D eigenvalue weighted by Crippen LogP contribution is 2.11. The highest BCUT2D eigenvalue weighted by atomic mass is 32.3. The van der Waals surface area contributed by atoms with Gasteiger partial charge in [0.1, 0.15) is 0 Å². The molecule has 0 N–H and O–H groups in total. The summed E-state index contributed by atoms with van der Waals surface area (Å²) in [7, 11) is -3.22. The summed E-state index contributed by atoms with van der Waals surface area (Å²) >= 11 is 5.48.